The molecule has 0 saturated carbocycles. The molecule has 1 atom stereocenters. The molecule has 9 nitrogen and oxygen atoms in total. The number of nitrogens with one attached hydrogen (secondary N) is 1. The molecule has 0 fully saturated rings. The number of hydrogen-bond donors (Lipinski definition) is 1. The van der Waals surface area contributed by atoms with Crippen LogP contribution in [0.15, 0.2) is 30.6 Å². The van der Waals surface area contributed by atoms with Crippen molar-refractivity contribution in [2.24, 2.45) is 5.92 Å². The van der Waals surface area contributed by atoms with E-state index in [2.05, 4.69) is 27.8 Å². The Labute approximate surface area is 177 Å². The van der Waals surface area contributed by atoms with Crippen LogP contribution in [0, 0.1) is 5.92 Å². The Morgan fingerprint density at radius 1 is 1.37 bits per heavy atom. The second-order valence-corrected chi connectivity index (χ2v) is 8.24. The Balaban J connectivity index is 1.46. The Bertz CT molecular complexity index is 1060. The number of benzene rings is 1. The van der Waals surface area contributed by atoms with E-state index >= 15 is 0 Å². The average Bonchev–Trinajstić information content (AvgIpc) is 3.39. The van der Waals surface area contributed by atoms with Crippen LogP contribution in [0.4, 0.5) is 5.00 Å². The third-order valence-corrected chi connectivity index (χ3v) is 6.13. The number of hydrogen-bond acceptors (Lipinski definition) is 8. The number of ether oxygens (including phenoxy) is 2. The molecule has 1 N–H and O–H groups in total. The molecule has 156 valence electrons. The van der Waals surface area contributed by atoms with Crippen LogP contribution in [0.3, 0.4) is 0 Å². The zero-order valence-corrected chi connectivity index (χ0v) is 17.4. The first-order chi connectivity index (χ1) is 14.5. The maximum Gasteiger partial charge on any atom is 0.341 e. The molecule has 0 spiro atoms. The smallest absolute Gasteiger partial charge is 0.341 e. The van der Waals surface area contributed by atoms with Crippen molar-refractivity contribution in [3.05, 3.63) is 46.6 Å². The summed E-state index contributed by atoms with van der Waals surface area (Å²) in [5, 5.41) is 14.4. The van der Waals surface area contributed by atoms with Crippen molar-refractivity contribution in [3.63, 3.8) is 0 Å². The summed E-state index contributed by atoms with van der Waals surface area (Å²) in [4.78, 5) is 26.0. The van der Waals surface area contributed by atoms with Gasteiger partial charge in [0.2, 0.25) is 0 Å². The number of esters is 1. The molecule has 1 aromatic carbocycles. The fraction of sp³-hybridized carbons (Fsp3) is 0.350. The van der Waals surface area contributed by atoms with Gasteiger partial charge in [0, 0.05) is 10.9 Å². The van der Waals surface area contributed by atoms with Gasteiger partial charge in [-0.25, -0.2) is 9.48 Å². The van der Waals surface area contributed by atoms with Crippen molar-refractivity contribution in [3.8, 4) is 11.4 Å². The second kappa shape index (κ2) is 8.62. The van der Waals surface area contributed by atoms with Gasteiger partial charge < -0.3 is 14.8 Å². The van der Waals surface area contributed by atoms with Gasteiger partial charge in [-0.1, -0.05) is 13.0 Å². The molecule has 0 radical (unpaired) electrons. The molecule has 0 unspecified atom stereocenters. The van der Waals surface area contributed by atoms with Crippen LogP contribution < -0.4 is 10.1 Å². The third kappa shape index (κ3) is 4.18. The van der Waals surface area contributed by atoms with E-state index in [1.807, 2.05) is 6.07 Å². The number of methoxy groups -OCH3 is 1. The Morgan fingerprint density at radius 2 is 2.23 bits per heavy atom. The molecular formula is C20H21N5O4S. The SMILES string of the molecule is COC(=O)c1c(NC(=O)COc2cccc(-n3cnnn3)c2)sc2c1CC[C@H](C)C2. The van der Waals surface area contributed by atoms with Crippen molar-refractivity contribution in [1.29, 1.82) is 0 Å². The zero-order chi connectivity index (χ0) is 21.1. The van der Waals surface area contributed by atoms with Crippen LogP contribution in [-0.4, -0.2) is 45.8 Å². The summed E-state index contributed by atoms with van der Waals surface area (Å²) in [5.41, 5.74) is 2.18. The number of carbonyl (C=O) groups is 2. The number of amides is 1. The average molecular weight is 427 g/mol. The van der Waals surface area contributed by atoms with E-state index in [9.17, 15) is 9.59 Å². The fourth-order valence-corrected chi connectivity index (χ4v) is 4.88. The number of fused-ring (bicyclic) bond motifs is 1. The van der Waals surface area contributed by atoms with Crippen LogP contribution in [0.25, 0.3) is 5.69 Å². The Hall–Kier alpha value is -3.27. The van der Waals surface area contributed by atoms with Crippen LogP contribution in [0.2, 0.25) is 0 Å². The van der Waals surface area contributed by atoms with Crippen LogP contribution in [-0.2, 0) is 22.4 Å². The zero-order valence-electron chi connectivity index (χ0n) is 16.6. The summed E-state index contributed by atoms with van der Waals surface area (Å²) < 4.78 is 12.1. The summed E-state index contributed by atoms with van der Waals surface area (Å²) in [6.45, 7) is 1.99. The van der Waals surface area contributed by atoms with Gasteiger partial charge in [-0.05, 0) is 53.3 Å². The predicted molar refractivity (Wildman–Crippen MR) is 110 cm³/mol. The lowest BCUT2D eigenvalue weighted by molar-refractivity contribution is -0.118. The van der Waals surface area contributed by atoms with Gasteiger partial charge in [-0.15, -0.1) is 16.4 Å². The topological polar surface area (TPSA) is 108 Å². The molecule has 1 aliphatic carbocycles. The normalized spacial score (nSPS) is 15.3. The van der Waals surface area contributed by atoms with Crippen molar-refractivity contribution >= 4 is 28.2 Å². The molecule has 10 heteroatoms. The van der Waals surface area contributed by atoms with Gasteiger partial charge in [0.15, 0.2) is 6.61 Å². The van der Waals surface area contributed by atoms with E-state index < -0.39 is 5.97 Å². The van der Waals surface area contributed by atoms with Gasteiger partial charge in [0.1, 0.15) is 17.1 Å². The van der Waals surface area contributed by atoms with Gasteiger partial charge >= 0.3 is 5.97 Å². The summed E-state index contributed by atoms with van der Waals surface area (Å²) >= 11 is 1.45. The highest BCUT2D eigenvalue weighted by molar-refractivity contribution is 7.17. The third-order valence-electron chi connectivity index (χ3n) is 4.96. The van der Waals surface area contributed by atoms with Gasteiger partial charge in [-0.2, -0.15) is 0 Å². The largest absolute Gasteiger partial charge is 0.484 e. The molecule has 2 heterocycles. The molecular weight excluding hydrogens is 406 g/mol. The van der Waals surface area contributed by atoms with E-state index in [-0.39, 0.29) is 12.5 Å². The first kappa shape index (κ1) is 20.0. The number of thiophene rings is 1. The highest BCUT2D eigenvalue weighted by Crippen LogP contribution is 2.40. The molecule has 1 amide bonds. The predicted octanol–water partition coefficient (Wildman–Crippen LogP) is 2.65. The van der Waals surface area contributed by atoms with E-state index in [1.54, 1.807) is 18.2 Å². The van der Waals surface area contributed by atoms with Crippen molar-refractivity contribution in [2.75, 3.05) is 19.0 Å². The van der Waals surface area contributed by atoms with Crippen molar-refractivity contribution < 1.29 is 19.1 Å². The minimum atomic E-state index is -0.424. The van der Waals surface area contributed by atoms with Gasteiger partial charge in [-0.3, -0.25) is 4.79 Å². The number of aromatic nitrogens is 4. The number of anilines is 1. The quantitative estimate of drug-likeness (QED) is 0.603. The fourth-order valence-electron chi connectivity index (χ4n) is 3.46. The molecule has 4 rings (SSSR count). The maximum absolute atomic E-state index is 12.5. The lowest BCUT2D eigenvalue weighted by Gasteiger charge is -2.18. The number of carbonyl (C=O) groups excluding carboxylic acids is 2. The minimum Gasteiger partial charge on any atom is -0.484 e. The van der Waals surface area contributed by atoms with E-state index in [0.29, 0.717) is 27.9 Å². The molecule has 30 heavy (non-hydrogen) atoms. The number of nitrogens with zero attached hydrogens (tertiary/aromatic N) is 4. The van der Waals surface area contributed by atoms with Crippen LogP contribution in [0.1, 0.15) is 34.1 Å². The second-order valence-electron chi connectivity index (χ2n) is 7.14. The first-order valence-corrected chi connectivity index (χ1v) is 10.4. The molecule has 3 aromatic rings. The van der Waals surface area contributed by atoms with Crippen molar-refractivity contribution in [2.45, 2.75) is 26.2 Å². The summed E-state index contributed by atoms with van der Waals surface area (Å²) in [6, 6.07) is 7.08. The summed E-state index contributed by atoms with van der Waals surface area (Å²) in [5.74, 6) is 0.290. The Morgan fingerprint density at radius 3 is 3.00 bits per heavy atom. The summed E-state index contributed by atoms with van der Waals surface area (Å²) in [6.07, 6.45) is 4.20. The van der Waals surface area contributed by atoms with E-state index in [0.717, 1.165) is 29.7 Å². The number of tetrazole rings is 1. The first-order valence-electron chi connectivity index (χ1n) is 9.54. The monoisotopic (exact) mass is 427 g/mol. The van der Waals surface area contributed by atoms with Gasteiger partial charge in [0.05, 0.1) is 18.4 Å². The van der Waals surface area contributed by atoms with E-state index in [1.165, 1.54) is 29.5 Å². The highest BCUT2D eigenvalue weighted by Gasteiger charge is 2.28. The molecule has 1 aliphatic rings. The van der Waals surface area contributed by atoms with E-state index in [4.69, 9.17) is 9.47 Å². The lowest BCUT2D eigenvalue weighted by atomic mass is 9.88. The van der Waals surface area contributed by atoms with Crippen LogP contribution in [0.5, 0.6) is 5.75 Å². The molecule has 0 bridgehead atoms. The summed E-state index contributed by atoms with van der Waals surface area (Å²) in [7, 11) is 1.35. The maximum atomic E-state index is 12.5. The molecule has 0 saturated heterocycles. The molecule has 0 aliphatic heterocycles. The lowest BCUT2D eigenvalue weighted by Crippen LogP contribution is -2.21. The number of rotatable bonds is 6. The van der Waals surface area contributed by atoms with Gasteiger partial charge in [0.25, 0.3) is 5.91 Å². The van der Waals surface area contributed by atoms with Crippen molar-refractivity contribution in [1.82, 2.24) is 20.2 Å². The standard InChI is InChI=1S/C20H21N5O4S/c1-12-6-7-15-16(8-12)30-19(18(15)20(27)28-2)22-17(26)10-29-14-5-3-4-13(9-14)25-11-21-23-24-25/h3-5,9,11-12H,6-8,10H2,1-2H3,(H,22,26)/t12-/m0/s1. The van der Waals surface area contributed by atoms with Crippen LogP contribution >= 0.6 is 11.3 Å². The molecule has 2 aromatic heterocycles. The highest BCUT2D eigenvalue weighted by atomic mass is 32.1. The Kier molecular flexibility index (Phi) is 5.75. The minimum absolute atomic E-state index is 0.196.